The maximum absolute atomic E-state index is 12.8. The molecule has 0 atom stereocenters. The molecule has 0 radical (unpaired) electrons. The second kappa shape index (κ2) is 7.50. The summed E-state index contributed by atoms with van der Waals surface area (Å²) in [5.41, 5.74) is 3.13. The Morgan fingerprint density at radius 2 is 1.88 bits per heavy atom. The van der Waals surface area contributed by atoms with Gasteiger partial charge in [0.15, 0.2) is 6.67 Å². The van der Waals surface area contributed by atoms with E-state index in [-0.39, 0.29) is 5.56 Å². The van der Waals surface area contributed by atoms with Gasteiger partial charge in [-0.3, -0.25) is 4.79 Å². The van der Waals surface area contributed by atoms with Crippen LogP contribution < -0.4 is 15.8 Å². The van der Waals surface area contributed by atoms with Crippen LogP contribution in [0.3, 0.4) is 0 Å². The van der Waals surface area contributed by atoms with Crippen molar-refractivity contribution in [2.45, 2.75) is 0 Å². The van der Waals surface area contributed by atoms with Crippen LogP contribution in [0.2, 0.25) is 5.02 Å². The van der Waals surface area contributed by atoms with Gasteiger partial charge in [-0.1, -0.05) is 41.9 Å². The number of rotatable bonds is 4. The zero-order valence-electron chi connectivity index (χ0n) is 14.3. The molecule has 0 bridgehead atoms. The Kier molecular flexibility index (Phi) is 4.93. The Bertz CT molecular complexity index is 966. The van der Waals surface area contributed by atoms with Crippen LogP contribution in [0.4, 0.5) is 5.69 Å². The minimum absolute atomic E-state index is 0.119. The van der Waals surface area contributed by atoms with E-state index in [1.165, 1.54) is 4.90 Å². The average molecular weight is 371 g/mol. The molecule has 3 N–H and O–H groups in total. The first-order chi connectivity index (χ1) is 12.7. The first-order valence-corrected chi connectivity index (χ1v) is 9.16. The molecule has 2 aromatic carbocycles. The van der Waals surface area contributed by atoms with Crippen molar-refractivity contribution in [3.8, 4) is 11.1 Å². The Morgan fingerprint density at radius 3 is 2.65 bits per heavy atom. The molecular weight excluding hydrogens is 350 g/mol. The third-order valence-electron chi connectivity index (χ3n) is 4.75. The van der Waals surface area contributed by atoms with Crippen molar-refractivity contribution in [3.63, 3.8) is 0 Å². The minimum atomic E-state index is -0.119. The number of H-pyrrole nitrogens is 1. The third kappa shape index (κ3) is 3.46. The van der Waals surface area contributed by atoms with Crippen LogP contribution in [0, 0.1) is 0 Å². The average Bonchev–Trinajstić information content (AvgIpc) is 2.68. The number of anilines is 1. The highest BCUT2D eigenvalue weighted by molar-refractivity contribution is 6.31. The van der Waals surface area contributed by atoms with Gasteiger partial charge >= 0.3 is 0 Å². The lowest BCUT2D eigenvalue weighted by Crippen LogP contribution is -3.15. The molecule has 0 spiro atoms. The van der Waals surface area contributed by atoms with E-state index in [9.17, 15) is 4.79 Å². The van der Waals surface area contributed by atoms with Gasteiger partial charge in [0.2, 0.25) is 0 Å². The number of aromatic amines is 1. The van der Waals surface area contributed by atoms with Gasteiger partial charge in [0.25, 0.3) is 5.56 Å². The molecule has 2 heterocycles. The number of morpholine rings is 1. The van der Waals surface area contributed by atoms with Crippen LogP contribution in [-0.4, -0.2) is 38.0 Å². The number of aromatic nitrogens is 1. The second-order valence-electron chi connectivity index (χ2n) is 6.48. The van der Waals surface area contributed by atoms with E-state index in [2.05, 4.69) is 10.3 Å². The van der Waals surface area contributed by atoms with E-state index >= 15 is 0 Å². The first-order valence-electron chi connectivity index (χ1n) is 8.78. The second-order valence-corrected chi connectivity index (χ2v) is 6.91. The summed E-state index contributed by atoms with van der Waals surface area (Å²) in [7, 11) is 0. The van der Waals surface area contributed by atoms with Crippen LogP contribution >= 0.6 is 11.6 Å². The van der Waals surface area contributed by atoms with Gasteiger partial charge in [0, 0.05) is 21.5 Å². The Balaban J connectivity index is 1.82. The summed E-state index contributed by atoms with van der Waals surface area (Å²) in [6, 6.07) is 15.5. The summed E-state index contributed by atoms with van der Waals surface area (Å²) < 4.78 is 5.41. The van der Waals surface area contributed by atoms with Crippen LogP contribution in [0.1, 0.15) is 0 Å². The predicted octanol–water partition coefficient (Wildman–Crippen LogP) is 2.13. The molecule has 4 rings (SSSR count). The Hall–Kier alpha value is -2.34. The van der Waals surface area contributed by atoms with E-state index in [4.69, 9.17) is 16.3 Å². The van der Waals surface area contributed by atoms with Gasteiger partial charge in [-0.2, -0.15) is 0 Å². The third-order valence-corrected chi connectivity index (χ3v) is 4.99. The van der Waals surface area contributed by atoms with E-state index in [1.54, 1.807) is 6.07 Å². The number of hydrogen-bond donors (Lipinski definition) is 3. The van der Waals surface area contributed by atoms with Gasteiger partial charge in [0.1, 0.15) is 18.8 Å². The lowest BCUT2D eigenvalue weighted by Gasteiger charge is -2.24. The molecule has 1 fully saturated rings. The summed E-state index contributed by atoms with van der Waals surface area (Å²) >= 11 is 6.24. The van der Waals surface area contributed by atoms with Gasteiger partial charge in [0.05, 0.1) is 13.2 Å². The molecular formula is C20H21ClN3O2+. The monoisotopic (exact) mass is 370 g/mol. The minimum Gasteiger partial charge on any atom is -0.370 e. The fourth-order valence-electron chi connectivity index (χ4n) is 3.39. The molecule has 6 heteroatoms. The summed E-state index contributed by atoms with van der Waals surface area (Å²) in [5, 5.41) is 4.96. The molecule has 1 aromatic heterocycles. The van der Waals surface area contributed by atoms with Gasteiger partial charge in [-0.15, -0.1) is 0 Å². The number of fused-ring (bicyclic) bond motifs is 1. The number of quaternary nitrogens is 1. The standard InChI is InChI=1S/C20H20ClN3O2/c21-15-6-7-17-16(12-15)18(14-4-2-1-3-5-14)19(20(25)23-17)22-13-24-8-10-26-11-9-24/h1-7,12,22H,8-11,13H2,(H,23,25)/p+1. The molecule has 26 heavy (non-hydrogen) atoms. The van der Waals surface area contributed by atoms with E-state index in [0.717, 1.165) is 48.3 Å². The largest absolute Gasteiger partial charge is 0.370 e. The number of halogens is 1. The molecule has 0 aliphatic carbocycles. The number of benzene rings is 2. The predicted molar refractivity (Wildman–Crippen MR) is 105 cm³/mol. The fraction of sp³-hybridized carbons (Fsp3) is 0.250. The van der Waals surface area contributed by atoms with Crippen molar-refractivity contribution in [2.24, 2.45) is 0 Å². The molecule has 3 aromatic rings. The van der Waals surface area contributed by atoms with Crippen molar-refractivity contribution < 1.29 is 9.64 Å². The molecule has 1 aliphatic rings. The van der Waals surface area contributed by atoms with Gasteiger partial charge in [-0.05, 0) is 23.8 Å². The summed E-state index contributed by atoms with van der Waals surface area (Å²) in [5.74, 6) is 0. The maximum Gasteiger partial charge on any atom is 0.272 e. The zero-order valence-corrected chi connectivity index (χ0v) is 15.1. The zero-order chi connectivity index (χ0) is 17.9. The van der Waals surface area contributed by atoms with Crippen LogP contribution in [0.25, 0.3) is 22.0 Å². The highest BCUT2D eigenvalue weighted by atomic mass is 35.5. The van der Waals surface area contributed by atoms with Crippen LogP contribution in [-0.2, 0) is 4.74 Å². The SMILES string of the molecule is O=c1[nH]c2ccc(Cl)cc2c(-c2ccccc2)c1NC[NH+]1CCOCC1. The smallest absolute Gasteiger partial charge is 0.272 e. The van der Waals surface area contributed by atoms with E-state index in [0.29, 0.717) is 17.4 Å². The number of pyridine rings is 1. The number of nitrogens with one attached hydrogen (secondary N) is 3. The summed E-state index contributed by atoms with van der Waals surface area (Å²) in [6.07, 6.45) is 0. The number of ether oxygens (including phenoxy) is 1. The van der Waals surface area contributed by atoms with Crippen molar-refractivity contribution in [1.29, 1.82) is 0 Å². The van der Waals surface area contributed by atoms with E-state index < -0.39 is 0 Å². The lowest BCUT2D eigenvalue weighted by atomic mass is 9.99. The Morgan fingerprint density at radius 1 is 1.12 bits per heavy atom. The van der Waals surface area contributed by atoms with Crippen molar-refractivity contribution >= 4 is 28.2 Å². The normalized spacial score (nSPS) is 15.3. The molecule has 1 saturated heterocycles. The van der Waals surface area contributed by atoms with Crippen molar-refractivity contribution in [1.82, 2.24) is 4.98 Å². The molecule has 0 amide bonds. The van der Waals surface area contributed by atoms with E-state index in [1.807, 2.05) is 42.5 Å². The van der Waals surface area contributed by atoms with Crippen LogP contribution in [0.5, 0.6) is 0 Å². The highest BCUT2D eigenvalue weighted by Crippen LogP contribution is 2.33. The first kappa shape index (κ1) is 17.1. The summed E-state index contributed by atoms with van der Waals surface area (Å²) in [4.78, 5) is 17.1. The molecule has 1 aliphatic heterocycles. The van der Waals surface area contributed by atoms with Gasteiger partial charge < -0.3 is 19.9 Å². The topological polar surface area (TPSA) is 58.6 Å². The maximum atomic E-state index is 12.8. The Labute approximate surface area is 156 Å². The highest BCUT2D eigenvalue weighted by Gasteiger charge is 2.18. The lowest BCUT2D eigenvalue weighted by molar-refractivity contribution is -0.904. The molecule has 5 nitrogen and oxygen atoms in total. The molecule has 0 unspecified atom stereocenters. The quantitative estimate of drug-likeness (QED) is 0.659. The van der Waals surface area contributed by atoms with Crippen molar-refractivity contribution in [2.75, 3.05) is 38.3 Å². The number of hydrogen-bond acceptors (Lipinski definition) is 3. The summed E-state index contributed by atoms with van der Waals surface area (Å²) in [6.45, 7) is 4.06. The molecule has 134 valence electrons. The molecule has 0 saturated carbocycles. The van der Waals surface area contributed by atoms with Crippen LogP contribution in [0.15, 0.2) is 53.3 Å². The van der Waals surface area contributed by atoms with Crippen molar-refractivity contribution in [3.05, 3.63) is 63.9 Å². The fourth-order valence-corrected chi connectivity index (χ4v) is 3.56. The van der Waals surface area contributed by atoms with Gasteiger partial charge in [-0.25, -0.2) is 0 Å².